The van der Waals surface area contributed by atoms with E-state index in [1.165, 1.54) is 0 Å². The lowest BCUT2D eigenvalue weighted by Gasteiger charge is -2.17. The van der Waals surface area contributed by atoms with Gasteiger partial charge in [0.05, 0.1) is 10.4 Å². The molecule has 0 spiro atoms. The van der Waals surface area contributed by atoms with Crippen LogP contribution < -0.4 is 11.1 Å². The Morgan fingerprint density at radius 3 is 2.23 bits per heavy atom. The van der Waals surface area contributed by atoms with Gasteiger partial charge in [-0.25, -0.2) is 0 Å². The molecular weight excluding hydrogens is 184 g/mol. The van der Waals surface area contributed by atoms with Crippen LogP contribution >= 0.6 is 12.2 Å². The minimum atomic E-state index is -0.485. The Hall–Kier alpha value is -0.640. The molecule has 3 N–H and O–H groups in total. The Bertz CT molecular complexity index is 279. The van der Waals surface area contributed by atoms with Crippen molar-refractivity contribution in [2.75, 3.05) is 0 Å². The first kappa shape index (κ1) is 8.94. The fourth-order valence-corrected chi connectivity index (χ4v) is 1.71. The van der Waals surface area contributed by atoms with Crippen molar-refractivity contribution in [3.63, 3.8) is 0 Å². The minimum absolute atomic E-state index is 0.0391. The van der Waals surface area contributed by atoms with E-state index >= 15 is 0 Å². The predicted octanol–water partition coefficient (Wildman–Crippen LogP) is 0.721. The summed E-state index contributed by atoms with van der Waals surface area (Å²) in [6.45, 7) is 2.06. The summed E-state index contributed by atoms with van der Waals surface area (Å²) in [5, 5.41) is 3.01. The SMILES string of the molecule is CC1(NC(=O)C2(C(N)=S)CC2)CC1. The van der Waals surface area contributed by atoms with Crippen molar-refractivity contribution in [1.29, 1.82) is 0 Å². The Labute approximate surface area is 83.1 Å². The molecule has 72 valence electrons. The van der Waals surface area contributed by atoms with Gasteiger partial charge in [0.2, 0.25) is 5.91 Å². The highest BCUT2D eigenvalue weighted by atomic mass is 32.1. The molecule has 1 amide bonds. The molecule has 0 aromatic carbocycles. The summed E-state index contributed by atoms with van der Waals surface area (Å²) in [5.41, 5.74) is 5.10. The van der Waals surface area contributed by atoms with Crippen LogP contribution in [0.4, 0.5) is 0 Å². The first-order valence-electron chi connectivity index (χ1n) is 4.61. The van der Waals surface area contributed by atoms with E-state index < -0.39 is 5.41 Å². The van der Waals surface area contributed by atoms with Crippen molar-refractivity contribution in [2.24, 2.45) is 11.1 Å². The van der Waals surface area contributed by atoms with Gasteiger partial charge >= 0.3 is 0 Å². The number of nitrogens with one attached hydrogen (secondary N) is 1. The van der Waals surface area contributed by atoms with Crippen molar-refractivity contribution in [3.05, 3.63) is 0 Å². The van der Waals surface area contributed by atoms with E-state index in [2.05, 4.69) is 12.2 Å². The zero-order valence-corrected chi connectivity index (χ0v) is 8.54. The van der Waals surface area contributed by atoms with E-state index in [1.807, 2.05) is 0 Å². The highest BCUT2D eigenvalue weighted by Crippen LogP contribution is 2.47. The Kier molecular flexibility index (Phi) is 1.68. The Morgan fingerprint density at radius 2 is 1.92 bits per heavy atom. The van der Waals surface area contributed by atoms with Crippen molar-refractivity contribution in [1.82, 2.24) is 5.32 Å². The quantitative estimate of drug-likeness (QED) is 0.657. The van der Waals surface area contributed by atoms with Crippen LogP contribution in [0.25, 0.3) is 0 Å². The molecular formula is C9H14N2OS. The lowest BCUT2D eigenvalue weighted by molar-refractivity contribution is -0.124. The monoisotopic (exact) mass is 198 g/mol. The van der Waals surface area contributed by atoms with E-state index in [9.17, 15) is 4.79 Å². The summed E-state index contributed by atoms with van der Waals surface area (Å²) in [6.07, 6.45) is 3.80. The molecule has 0 heterocycles. The van der Waals surface area contributed by atoms with E-state index in [0.717, 1.165) is 25.7 Å². The molecule has 0 saturated heterocycles. The third kappa shape index (κ3) is 1.43. The fourth-order valence-electron chi connectivity index (χ4n) is 1.42. The first-order valence-corrected chi connectivity index (χ1v) is 5.02. The third-order valence-corrected chi connectivity index (χ3v) is 3.46. The van der Waals surface area contributed by atoms with Gasteiger partial charge in [-0.15, -0.1) is 0 Å². The standard InChI is InChI=1S/C9H14N2OS/c1-8(2-3-8)11-7(12)9(4-5-9)6(10)13/h2-5H2,1H3,(H2,10,13)(H,11,12). The molecule has 0 aromatic heterocycles. The number of hydrogen-bond acceptors (Lipinski definition) is 2. The number of amides is 1. The van der Waals surface area contributed by atoms with Crippen LogP contribution in [0, 0.1) is 5.41 Å². The maximum Gasteiger partial charge on any atom is 0.233 e. The number of carbonyl (C=O) groups is 1. The predicted molar refractivity (Wildman–Crippen MR) is 54.2 cm³/mol. The molecule has 2 aliphatic rings. The highest BCUT2D eigenvalue weighted by molar-refractivity contribution is 7.80. The highest BCUT2D eigenvalue weighted by Gasteiger charge is 2.55. The molecule has 0 radical (unpaired) electrons. The number of thiocarbonyl (C=S) groups is 1. The summed E-state index contributed by atoms with van der Waals surface area (Å²) < 4.78 is 0. The molecule has 0 atom stereocenters. The molecule has 2 aliphatic carbocycles. The van der Waals surface area contributed by atoms with Crippen molar-refractivity contribution in [2.45, 2.75) is 38.1 Å². The minimum Gasteiger partial charge on any atom is -0.392 e. The van der Waals surface area contributed by atoms with E-state index in [0.29, 0.717) is 4.99 Å². The maximum absolute atomic E-state index is 11.7. The van der Waals surface area contributed by atoms with Gasteiger partial charge < -0.3 is 11.1 Å². The second kappa shape index (κ2) is 2.44. The molecule has 2 rings (SSSR count). The van der Waals surface area contributed by atoms with Crippen molar-refractivity contribution >= 4 is 23.1 Å². The van der Waals surface area contributed by atoms with Gasteiger partial charge in [-0.2, -0.15) is 0 Å². The zero-order chi connectivity index (χ0) is 9.69. The summed E-state index contributed by atoms with van der Waals surface area (Å²) >= 11 is 4.90. The maximum atomic E-state index is 11.7. The number of carbonyl (C=O) groups excluding carboxylic acids is 1. The average molecular weight is 198 g/mol. The van der Waals surface area contributed by atoms with Crippen LogP contribution in [-0.2, 0) is 4.79 Å². The van der Waals surface area contributed by atoms with Gasteiger partial charge in [0.1, 0.15) is 0 Å². The molecule has 4 heteroatoms. The molecule has 13 heavy (non-hydrogen) atoms. The van der Waals surface area contributed by atoms with Crippen LogP contribution in [0.3, 0.4) is 0 Å². The normalized spacial score (nSPS) is 26.2. The van der Waals surface area contributed by atoms with Gasteiger partial charge in [0.15, 0.2) is 0 Å². The topological polar surface area (TPSA) is 55.1 Å². The molecule has 0 bridgehead atoms. The van der Waals surface area contributed by atoms with Gasteiger partial charge in [-0.05, 0) is 32.6 Å². The van der Waals surface area contributed by atoms with Gasteiger partial charge in [-0.3, -0.25) is 4.79 Å². The first-order chi connectivity index (χ1) is 5.99. The number of rotatable bonds is 3. The van der Waals surface area contributed by atoms with E-state index in [4.69, 9.17) is 18.0 Å². The van der Waals surface area contributed by atoms with Crippen LogP contribution in [-0.4, -0.2) is 16.4 Å². The lowest BCUT2D eigenvalue weighted by Crippen LogP contribution is -2.44. The molecule has 0 aromatic rings. The summed E-state index contributed by atoms with van der Waals surface area (Å²) in [4.78, 5) is 12.1. The fraction of sp³-hybridized carbons (Fsp3) is 0.778. The van der Waals surface area contributed by atoms with E-state index in [-0.39, 0.29) is 11.4 Å². The van der Waals surface area contributed by atoms with Crippen molar-refractivity contribution < 1.29 is 4.79 Å². The lowest BCUT2D eigenvalue weighted by atomic mass is 10.1. The molecule has 0 unspecified atom stereocenters. The zero-order valence-electron chi connectivity index (χ0n) is 7.72. The third-order valence-electron chi connectivity index (χ3n) is 3.07. The van der Waals surface area contributed by atoms with Gasteiger partial charge in [0.25, 0.3) is 0 Å². The molecule has 2 saturated carbocycles. The van der Waals surface area contributed by atoms with Crippen LogP contribution in [0.5, 0.6) is 0 Å². The Balaban J connectivity index is 2.01. The smallest absolute Gasteiger partial charge is 0.233 e. The summed E-state index contributed by atoms with van der Waals surface area (Å²) in [6, 6.07) is 0. The Morgan fingerprint density at radius 1 is 1.38 bits per heavy atom. The summed E-state index contributed by atoms with van der Waals surface area (Å²) in [7, 11) is 0. The second-order valence-electron chi connectivity index (χ2n) is 4.46. The van der Waals surface area contributed by atoms with Gasteiger partial charge in [-0.1, -0.05) is 12.2 Å². The number of nitrogens with two attached hydrogens (primary N) is 1. The number of hydrogen-bond donors (Lipinski definition) is 2. The summed E-state index contributed by atoms with van der Waals surface area (Å²) in [5.74, 6) is 0.0417. The van der Waals surface area contributed by atoms with Crippen LogP contribution in [0.15, 0.2) is 0 Å². The molecule has 3 nitrogen and oxygen atoms in total. The molecule has 0 aliphatic heterocycles. The molecule has 2 fully saturated rings. The van der Waals surface area contributed by atoms with Crippen molar-refractivity contribution in [3.8, 4) is 0 Å². The van der Waals surface area contributed by atoms with Crippen LogP contribution in [0.1, 0.15) is 32.6 Å². The largest absolute Gasteiger partial charge is 0.392 e. The van der Waals surface area contributed by atoms with Gasteiger partial charge in [0, 0.05) is 5.54 Å². The van der Waals surface area contributed by atoms with E-state index in [1.54, 1.807) is 0 Å². The second-order valence-corrected chi connectivity index (χ2v) is 4.90. The average Bonchev–Trinajstić information content (AvgIpc) is 2.83. The van der Waals surface area contributed by atoms with Crippen LogP contribution in [0.2, 0.25) is 0 Å².